The van der Waals surface area contributed by atoms with E-state index in [1.54, 1.807) is 0 Å². The molecule has 0 bridgehead atoms. The third-order valence-electron chi connectivity index (χ3n) is 3.04. The van der Waals surface area contributed by atoms with Gasteiger partial charge in [0.1, 0.15) is 5.82 Å². The van der Waals surface area contributed by atoms with Gasteiger partial charge in [0.05, 0.1) is 5.69 Å². The molecule has 3 nitrogen and oxygen atoms in total. The molecular formula is C14H21N3. The van der Waals surface area contributed by atoms with Crippen LogP contribution in [0.15, 0.2) is 17.8 Å². The summed E-state index contributed by atoms with van der Waals surface area (Å²) in [6, 6.07) is 2.72. The Morgan fingerprint density at radius 2 is 2.29 bits per heavy atom. The van der Waals surface area contributed by atoms with Gasteiger partial charge in [-0.1, -0.05) is 19.4 Å². The number of nitrogens with zero attached hydrogens (tertiary/aromatic N) is 2. The van der Waals surface area contributed by atoms with Crippen molar-refractivity contribution in [2.75, 3.05) is 6.54 Å². The molecule has 1 heterocycles. The summed E-state index contributed by atoms with van der Waals surface area (Å²) < 4.78 is 0. The van der Waals surface area contributed by atoms with E-state index in [0.29, 0.717) is 5.92 Å². The first kappa shape index (κ1) is 12.2. The molecule has 1 N–H and O–H groups in total. The number of hydrogen-bond acceptors (Lipinski definition) is 3. The highest BCUT2D eigenvalue weighted by atomic mass is 14.9. The summed E-state index contributed by atoms with van der Waals surface area (Å²) in [5.41, 5.74) is 2.42. The van der Waals surface area contributed by atoms with Crippen LogP contribution in [0.3, 0.4) is 0 Å². The minimum atomic E-state index is 0.552. The fourth-order valence-corrected chi connectivity index (χ4v) is 1.72. The van der Waals surface area contributed by atoms with Crippen molar-refractivity contribution in [1.29, 1.82) is 0 Å². The molecule has 0 atom stereocenters. The van der Waals surface area contributed by atoms with Crippen LogP contribution in [-0.2, 0) is 0 Å². The highest BCUT2D eigenvalue weighted by Gasteiger charge is 2.20. The standard InChI is InChI=1S/C14H21N3/c1-10(2)12(9-16-13-4-5-13)8-14-6-7-15-11(3)17-14/h6-8,10,13,16H,4-5,9H2,1-3H3/b12-8+. The average molecular weight is 231 g/mol. The number of aromatic nitrogens is 2. The molecular weight excluding hydrogens is 210 g/mol. The van der Waals surface area contributed by atoms with Crippen LogP contribution in [0.5, 0.6) is 0 Å². The van der Waals surface area contributed by atoms with E-state index in [4.69, 9.17) is 0 Å². The molecule has 1 saturated carbocycles. The molecule has 0 saturated heterocycles. The van der Waals surface area contributed by atoms with E-state index >= 15 is 0 Å². The molecule has 3 heteroatoms. The van der Waals surface area contributed by atoms with Crippen molar-refractivity contribution >= 4 is 6.08 Å². The Bertz CT molecular complexity index is 406. The Morgan fingerprint density at radius 1 is 1.53 bits per heavy atom. The summed E-state index contributed by atoms with van der Waals surface area (Å²) >= 11 is 0. The van der Waals surface area contributed by atoms with E-state index in [-0.39, 0.29) is 0 Å². The number of hydrogen-bond donors (Lipinski definition) is 1. The van der Waals surface area contributed by atoms with Crippen LogP contribution in [-0.4, -0.2) is 22.6 Å². The van der Waals surface area contributed by atoms with Crippen LogP contribution in [0.25, 0.3) is 6.08 Å². The summed E-state index contributed by atoms with van der Waals surface area (Å²) in [6.07, 6.45) is 6.67. The lowest BCUT2D eigenvalue weighted by molar-refractivity contribution is 0.662. The van der Waals surface area contributed by atoms with Crippen LogP contribution < -0.4 is 5.32 Å². The molecule has 17 heavy (non-hydrogen) atoms. The van der Waals surface area contributed by atoms with Gasteiger partial charge in [-0.05, 0) is 37.8 Å². The zero-order valence-corrected chi connectivity index (χ0v) is 10.9. The van der Waals surface area contributed by atoms with E-state index < -0.39 is 0 Å². The van der Waals surface area contributed by atoms with Gasteiger partial charge in [0.15, 0.2) is 0 Å². The molecule has 0 radical (unpaired) electrons. The highest BCUT2D eigenvalue weighted by Crippen LogP contribution is 2.20. The minimum absolute atomic E-state index is 0.552. The maximum absolute atomic E-state index is 4.42. The molecule has 1 aliphatic rings. The smallest absolute Gasteiger partial charge is 0.125 e. The quantitative estimate of drug-likeness (QED) is 0.846. The first-order valence-corrected chi connectivity index (χ1v) is 6.38. The Labute approximate surface area is 103 Å². The Hall–Kier alpha value is -1.22. The van der Waals surface area contributed by atoms with Crippen LogP contribution in [0.1, 0.15) is 38.2 Å². The Morgan fingerprint density at radius 3 is 2.88 bits per heavy atom. The number of nitrogens with one attached hydrogen (secondary N) is 1. The third-order valence-corrected chi connectivity index (χ3v) is 3.04. The fraction of sp³-hybridized carbons (Fsp3) is 0.571. The van der Waals surface area contributed by atoms with Gasteiger partial charge >= 0.3 is 0 Å². The second kappa shape index (κ2) is 5.41. The molecule has 1 aromatic heterocycles. The largest absolute Gasteiger partial charge is 0.310 e. The lowest BCUT2D eigenvalue weighted by Gasteiger charge is -2.12. The monoisotopic (exact) mass is 231 g/mol. The lowest BCUT2D eigenvalue weighted by atomic mass is 10.0. The normalized spacial score (nSPS) is 16.6. The first-order valence-electron chi connectivity index (χ1n) is 6.38. The van der Waals surface area contributed by atoms with Crippen LogP contribution in [0.2, 0.25) is 0 Å². The fourth-order valence-electron chi connectivity index (χ4n) is 1.72. The van der Waals surface area contributed by atoms with E-state index in [0.717, 1.165) is 24.1 Å². The van der Waals surface area contributed by atoms with Gasteiger partial charge in [-0.3, -0.25) is 0 Å². The van der Waals surface area contributed by atoms with Crippen molar-refractivity contribution in [3.63, 3.8) is 0 Å². The van der Waals surface area contributed by atoms with Crippen LogP contribution in [0.4, 0.5) is 0 Å². The minimum Gasteiger partial charge on any atom is -0.310 e. The predicted molar refractivity (Wildman–Crippen MR) is 70.6 cm³/mol. The maximum atomic E-state index is 4.42. The molecule has 1 aliphatic carbocycles. The molecule has 1 fully saturated rings. The van der Waals surface area contributed by atoms with Crippen molar-refractivity contribution in [3.8, 4) is 0 Å². The van der Waals surface area contributed by atoms with E-state index in [9.17, 15) is 0 Å². The van der Waals surface area contributed by atoms with Crippen LogP contribution >= 0.6 is 0 Å². The third kappa shape index (κ3) is 3.93. The summed E-state index contributed by atoms with van der Waals surface area (Å²) in [5, 5.41) is 3.56. The topological polar surface area (TPSA) is 37.8 Å². The van der Waals surface area contributed by atoms with Crippen molar-refractivity contribution in [2.45, 2.75) is 39.7 Å². The van der Waals surface area contributed by atoms with Crippen molar-refractivity contribution < 1.29 is 0 Å². The molecule has 0 spiro atoms. The van der Waals surface area contributed by atoms with Crippen molar-refractivity contribution in [3.05, 3.63) is 29.4 Å². The highest BCUT2D eigenvalue weighted by molar-refractivity contribution is 5.49. The van der Waals surface area contributed by atoms with E-state index in [1.165, 1.54) is 18.4 Å². The van der Waals surface area contributed by atoms with Gasteiger partial charge in [-0.25, -0.2) is 9.97 Å². The van der Waals surface area contributed by atoms with E-state index in [2.05, 4.69) is 35.2 Å². The molecule has 0 aliphatic heterocycles. The summed E-state index contributed by atoms with van der Waals surface area (Å²) in [7, 11) is 0. The maximum Gasteiger partial charge on any atom is 0.125 e. The number of rotatable bonds is 5. The zero-order chi connectivity index (χ0) is 12.3. The summed E-state index contributed by atoms with van der Waals surface area (Å²) in [4.78, 5) is 8.54. The summed E-state index contributed by atoms with van der Waals surface area (Å²) in [5.74, 6) is 1.38. The van der Waals surface area contributed by atoms with Gasteiger partial charge in [0.2, 0.25) is 0 Å². The predicted octanol–water partition coefficient (Wildman–Crippen LogP) is 2.58. The molecule has 92 valence electrons. The van der Waals surface area contributed by atoms with Crippen LogP contribution in [0, 0.1) is 12.8 Å². The lowest BCUT2D eigenvalue weighted by Crippen LogP contribution is -2.21. The molecule has 0 unspecified atom stereocenters. The Kier molecular flexibility index (Phi) is 3.89. The van der Waals surface area contributed by atoms with E-state index in [1.807, 2.05) is 19.2 Å². The van der Waals surface area contributed by atoms with Crippen molar-refractivity contribution in [2.24, 2.45) is 5.92 Å². The van der Waals surface area contributed by atoms with Gasteiger partial charge in [0.25, 0.3) is 0 Å². The van der Waals surface area contributed by atoms with Gasteiger partial charge < -0.3 is 5.32 Å². The molecule has 0 aromatic carbocycles. The van der Waals surface area contributed by atoms with Gasteiger partial charge in [0, 0.05) is 18.8 Å². The molecule has 2 rings (SSSR count). The van der Waals surface area contributed by atoms with Gasteiger partial charge in [-0.2, -0.15) is 0 Å². The van der Waals surface area contributed by atoms with Crippen molar-refractivity contribution in [1.82, 2.24) is 15.3 Å². The first-order chi connectivity index (χ1) is 8.15. The second-order valence-electron chi connectivity index (χ2n) is 5.06. The second-order valence-corrected chi connectivity index (χ2v) is 5.06. The van der Waals surface area contributed by atoms with Gasteiger partial charge in [-0.15, -0.1) is 0 Å². The zero-order valence-electron chi connectivity index (χ0n) is 10.9. The number of aryl methyl sites for hydroxylation is 1. The molecule has 0 amide bonds. The SMILES string of the molecule is Cc1nccc(/C=C(\CNC2CC2)C(C)C)n1. The molecule has 1 aromatic rings. The summed E-state index contributed by atoms with van der Waals surface area (Å²) in [6.45, 7) is 7.36. The Balaban J connectivity index is 2.07. The average Bonchev–Trinajstić information content (AvgIpc) is 3.07.